The maximum absolute atomic E-state index is 12.3. The summed E-state index contributed by atoms with van der Waals surface area (Å²) in [5, 5.41) is 11.8. The second-order valence-electron chi connectivity index (χ2n) is 5.55. The van der Waals surface area contributed by atoms with E-state index in [1.165, 1.54) is 4.90 Å². The number of carboxylic acid groups (broad SMARTS) is 1. The van der Waals surface area contributed by atoms with Crippen molar-refractivity contribution >= 4 is 12.0 Å². The summed E-state index contributed by atoms with van der Waals surface area (Å²) in [4.78, 5) is 24.7. The number of amides is 2. The van der Waals surface area contributed by atoms with Crippen LogP contribution in [0.3, 0.4) is 0 Å². The normalized spacial score (nSPS) is 14.9. The van der Waals surface area contributed by atoms with Crippen LogP contribution in [-0.4, -0.2) is 34.6 Å². The van der Waals surface area contributed by atoms with Crippen LogP contribution >= 0.6 is 0 Å². The van der Waals surface area contributed by atoms with Crippen LogP contribution in [0.5, 0.6) is 0 Å². The molecule has 1 aromatic carbocycles. The molecule has 5 heteroatoms. The fraction of sp³-hybridized carbons (Fsp3) is 0.500. The number of hydrogen-bond donors (Lipinski definition) is 2. The van der Waals surface area contributed by atoms with Gasteiger partial charge in [0.25, 0.3) is 0 Å². The van der Waals surface area contributed by atoms with Crippen LogP contribution in [0.1, 0.15) is 36.8 Å². The Balaban J connectivity index is 1.97. The van der Waals surface area contributed by atoms with Gasteiger partial charge in [0.1, 0.15) is 6.54 Å². The van der Waals surface area contributed by atoms with Crippen LogP contribution in [0.25, 0.3) is 0 Å². The third kappa shape index (κ3) is 4.21. The molecule has 2 N–H and O–H groups in total. The molecule has 1 aliphatic rings. The van der Waals surface area contributed by atoms with Crippen LogP contribution in [0.15, 0.2) is 24.3 Å². The van der Waals surface area contributed by atoms with E-state index in [1.807, 2.05) is 31.2 Å². The van der Waals surface area contributed by atoms with Crippen molar-refractivity contribution in [2.45, 2.75) is 45.2 Å². The van der Waals surface area contributed by atoms with Gasteiger partial charge in [-0.25, -0.2) is 4.79 Å². The van der Waals surface area contributed by atoms with Crippen LogP contribution in [0.2, 0.25) is 0 Å². The molecule has 1 aliphatic carbocycles. The molecule has 0 radical (unpaired) electrons. The standard InChI is InChI=1S/C16H22N2O3/c1-12-6-2-3-7-13(12)10-17-16(21)18(11-15(19)20)14-8-4-5-9-14/h2-3,6-7,14H,4-5,8-11H2,1H3,(H,17,21)(H,19,20). The maximum Gasteiger partial charge on any atom is 0.323 e. The van der Waals surface area contributed by atoms with Gasteiger partial charge in [0.2, 0.25) is 0 Å². The topological polar surface area (TPSA) is 69.6 Å². The minimum atomic E-state index is -0.965. The Morgan fingerprint density at radius 2 is 1.95 bits per heavy atom. The minimum absolute atomic E-state index is 0.0537. The molecule has 0 aromatic heterocycles. The third-order valence-corrected chi connectivity index (χ3v) is 4.02. The largest absolute Gasteiger partial charge is 0.480 e. The molecule has 114 valence electrons. The summed E-state index contributed by atoms with van der Waals surface area (Å²) in [6.45, 7) is 2.19. The first kappa shape index (κ1) is 15.4. The molecule has 0 saturated heterocycles. The van der Waals surface area contributed by atoms with E-state index in [4.69, 9.17) is 5.11 Å². The number of carboxylic acids is 1. The molecule has 0 bridgehead atoms. The van der Waals surface area contributed by atoms with Gasteiger partial charge in [-0.15, -0.1) is 0 Å². The first-order valence-corrected chi connectivity index (χ1v) is 7.38. The van der Waals surface area contributed by atoms with E-state index < -0.39 is 5.97 Å². The highest BCUT2D eigenvalue weighted by Gasteiger charge is 2.28. The molecule has 0 spiro atoms. The van der Waals surface area contributed by atoms with Crippen molar-refractivity contribution < 1.29 is 14.7 Å². The number of benzene rings is 1. The average Bonchev–Trinajstić information content (AvgIpc) is 2.97. The zero-order valence-electron chi connectivity index (χ0n) is 12.3. The molecule has 2 rings (SSSR count). The van der Waals surface area contributed by atoms with E-state index >= 15 is 0 Å². The molecular formula is C16H22N2O3. The van der Waals surface area contributed by atoms with Gasteiger partial charge in [0, 0.05) is 12.6 Å². The summed E-state index contributed by atoms with van der Waals surface area (Å²) in [6.07, 6.45) is 3.91. The lowest BCUT2D eigenvalue weighted by Crippen LogP contribution is -2.47. The zero-order chi connectivity index (χ0) is 15.2. The van der Waals surface area contributed by atoms with E-state index in [2.05, 4.69) is 5.32 Å². The summed E-state index contributed by atoms with van der Waals surface area (Å²) in [5.41, 5.74) is 2.16. The quantitative estimate of drug-likeness (QED) is 0.875. The number of aryl methyl sites for hydroxylation is 1. The van der Waals surface area contributed by atoms with E-state index in [1.54, 1.807) is 0 Å². The fourth-order valence-corrected chi connectivity index (χ4v) is 2.81. The molecule has 0 heterocycles. The SMILES string of the molecule is Cc1ccccc1CNC(=O)N(CC(=O)O)C1CCCC1. The average molecular weight is 290 g/mol. The van der Waals surface area contributed by atoms with Gasteiger partial charge in [-0.2, -0.15) is 0 Å². The molecule has 5 nitrogen and oxygen atoms in total. The first-order chi connectivity index (χ1) is 10.1. The first-order valence-electron chi connectivity index (χ1n) is 7.38. The number of hydrogen-bond acceptors (Lipinski definition) is 2. The van der Waals surface area contributed by atoms with Crippen LogP contribution in [0.4, 0.5) is 4.79 Å². The summed E-state index contributed by atoms with van der Waals surface area (Å²) < 4.78 is 0. The lowest BCUT2D eigenvalue weighted by Gasteiger charge is -2.27. The van der Waals surface area contributed by atoms with Gasteiger partial charge in [-0.1, -0.05) is 37.1 Å². The molecule has 1 fully saturated rings. The Morgan fingerprint density at radius 1 is 1.29 bits per heavy atom. The summed E-state index contributed by atoms with van der Waals surface area (Å²) >= 11 is 0. The van der Waals surface area contributed by atoms with Crippen LogP contribution in [0, 0.1) is 6.92 Å². The van der Waals surface area contributed by atoms with Crippen molar-refractivity contribution in [2.24, 2.45) is 0 Å². The molecule has 0 atom stereocenters. The highest BCUT2D eigenvalue weighted by Crippen LogP contribution is 2.23. The monoisotopic (exact) mass is 290 g/mol. The van der Waals surface area contributed by atoms with Crippen molar-refractivity contribution in [3.05, 3.63) is 35.4 Å². The molecule has 21 heavy (non-hydrogen) atoms. The zero-order valence-corrected chi connectivity index (χ0v) is 12.3. The minimum Gasteiger partial charge on any atom is -0.480 e. The molecule has 0 unspecified atom stereocenters. The number of nitrogens with zero attached hydrogens (tertiary/aromatic N) is 1. The van der Waals surface area contributed by atoms with Crippen molar-refractivity contribution in [2.75, 3.05) is 6.54 Å². The van der Waals surface area contributed by atoms with Crippen molar-refractivity contribution in [3.63, 3.8) is 0 Å². The Morgan fingerprint density at radius 3 is 2.57 bits per heavy atom. The number of urea groups is 1. The number of aliphatic carboxylic acids is 1. The van der Waals surface area contributed by atoms with Crippen molar-refractivity contribution in [3.8, 4) is 0 Å². The highest BCUT2D eigenvalue weighted by molar-refractivity contribution is 5.80. The Bertz CT molecular complexity index is 510. The smallest absolute Gasteiger partial charge is 0.323 e. The Kier molecular flexibility index (Phi) is 5.20. The van der Waals surface area contributed by atoms with Gasteiger partial charge < -0.3 is 15.3 Å². The predicted octanol–water partition coefficient (Wildman–Crippen LogP) is 2.53. The number of carbonyl (C=O) groups excluding carboxylic acids is 1. The number of rotatable bonds is 5. The van der Waals surface area contributed by atoms with Gasteiger partial charge in [-0.3, -0.25) is 4.79 Å². The van der Waals surface area contributed by atoms with Crippen molar-refractivity contribution in [1.29, 1.82) is 0 Å². The van der Waals surface area contributed by atoms with Crippen LogP contribution < -0.4 is 5.32 Å². The lowest BCUT2D eigenvalue weighted by atomic mass is 10.1. The Hall–Kier alpha value is -2.04. The summed E-state index contributed by atoms with van der Waals surface area (Å²) in [7, 11) is 0. The van der Waals surface area contributed by atoms with E-state index in [9.17, 15) is 9.59 Å². The van der Waals surface area contributed by atoms with Gasteiger partial charge >= 0.3 is 12.0 Å². The number of carbonyl (C=O) groups is 2. The third-order valence-electron chi connectivity index (χ3n) is 4.02. The maximum atomic E-state index is 12.3. The molecular weight excluding hydrogens is 268 g/mol. The molecule has 0 aliphatic heterocycles. The molecule has 2 amide bonds. The predicted molar refractivity (Wildman–Crippen MR) is 80.0 cm³/mol. The molecule has 1 aromatic rings. The molecule has 1 saturated carbocycles. The van der Waals surface area contributed by atoms with E-state index in [-0.39, 0.29) is 18.6 Å². The van der Waals surface area contributed by atoms with Gasteiger partial charge in [0.15, 0.2) is 0 Å². The van der Waals surface area contributed by atoms with Crippen LogP contribution in [-0.2, 0) is 11.3 Å². The lowest BCUT2D eigenvalue weighted by molar-refractivity contribution is -0.138. The fourth-order valence-electron chi connectivity index (χ4n) is 2.81. The number of nitrogens with one attached hydrogen (secondary N) is 1. The van der Waals surface area contributed by atoms with Gasteiger partial charge in [0.05, 0.1) is 0 Å². The highest BCUT2D eigenvalue weighted by atomic mass is 16.4. The second-order valence-corrected chi connectivity index (χ2v) is 5.55. The van der Waals surface area contributed by atoms with E-state index in [0.29, 0.717) is 6.54 Å². The Labute approximate surface area is 125 Å². The van der Waals surface area contributed by atoms with Crippen molar-refractivity contribution in [1.82, 2.24) is 10.2 Å². The summed E-state index contributed by atoms with van der Waals surface area (Å²) in [5.74, 6) is -0.965. The van der Waals surface area contributed by atoms with E-state index in [0.717, 1.165) is 36.8 Å². The second kappa shape index (κ2) is 7.11. The van der Waals surface area contributed by atoms with Gasteiger partial charge in [-0.05, 0) is 30.9 Å². The summed E-state index contributed by atoms with van der Waals surface area (Å²) in [6, 6.07) is 7.61.